The van der Waals surface area contributed by atoms with Gasteiger partial charge in [0, 0.05) is 27.5 Å². The number of hydrogen-bond donors (Lipinski definition) is 0. The first-order valence-corrected chi connectivity index (χ1v) is 25.9. The Balaban J connectivity index is 0.986. The minimum absolute atomic E-state index is 0.521. The van der Waals surface area contributed by atoms with E-state index in [2.05, 4.69) is 276 Å². The maximum absolute atomic E-state index is 2.58. The van der Waals surface area contributed by atoms with Gasteiger partial charge in [0.15, 0.2) is 0 Å². The lowest BCUT2D eigenvalue weighted by atomic mass is 9.65. The number of rotatable bonds is 4. The molecule has 342 valence electrons. The van der Waals surface area contributed by atoms with E-state index in [1.807, 2.05) is 0 Å². The summed E-state index contributed by atoms with van der Waals surface area (Å²) in [5.74, 6) is 0. The predicted octanol–water partition coefficient (Wildman–Crippen LogP) is 18.1. The van der Waals surface area contributed by atoms with Crippen molar-refractivity contribution in [2.24, 2.45) is 0 Å². The predicted molar refractivity (Wildman–Crippen MR) is 306 cm³/mol. The van der Waals surface area contributed by atoms with Gasteiger partial charge < -0.3 is 9.47 Å². The van der Waals surface area contributed by atoms with Gasteiger partial charge in [-0.25, -0.2) is 0 Å². The molecule has 0 N–H and O–H groups in total. The van der Waals surface area contributed by atoms with Gasteiger partial charge in [0.25, 0.3) is 0 Å². The number of nitrogens with zero attached hydrogens (tertiary/aromatic N) is 2. The smallest absolute Gasteiger partial charge is 0.0755 e. The summed E-state index contributed by atoms with van der Waals surface area (Å²) in [5.41, 5.74) is 26.7. The molecule has 2 nitrogen and oxygen atoms in total. The van der Waals surface area contributed by atoms with Gasteiger partial charge in [0.1, 0.15) is 0 Å². The van der Waals surface area contributed by atoms with E-state index in [1.54, 1.807) is 0 Å². The number of aromatic nitrogens is 1. The molecule has 0 amide bonds. The fourth-order valence-electron chi connectivity index (χ4n) is 14.7. The van der Waals surface area contributed by atoms with Crippen LogP contribution in [0.5, 0.6) is 0 Å². The van der Waals surface area contributed by atoms with Crippen molar-refractivity contribution >= 4 is 49.6 Å². The molecule has 12 aromatic carbocycles. The van der Waals surface area contributed by atoms with Gasteiger partial charge in [-0.15, -0.1) is 0 Å². The standard InChI is InChI=1S/C72H44N2/c1-2-19-45(20-3-1)46-37-39-47(40-38-46)73(68-44-65-69(55-26-5-4-24-53(55)68)57-27-9-14-32-61(57)71(65)58-29-11-6-21-49(58)50-22-7-12-30-59(50)71)48-41-42-52-51-23-8-13-31-60(51)72(64(52)43-48)62-33-15-17-36-67(62)74-66-35-16-10-25-54(66)56-28-18-34-63(72)70(56)74/h1-44H. The van der Waals surface area contributed by atoms with Crippen molar-refractivity contribution in [3.8, 4) is 50.2 Å². The summed E-state index contributed by atoms with van der Waals surface area (Å²) in [6.07, 6.45) is 0. The third-order valence-electron chi connectivity index (χ3n) is 17.4. The van der Waals surface area contributed by atoms with Crippen LogP contribution in [-0.2, 0) is 10.8 Å². The molecule has 1 aliphatic heterocycles. The maximum Gasteiger partial charge on any atom is 0.0755 e. The van der Waals surface area contributed by atoms with E-state index >= 15 is 0 Å². The van der Waals surface area contributed by atoms with Crippen LogP contribution in [0.1, 0.15) is 44.5 Å². The molecule has 2 spiro atoms. The van der Waals surface area contributed by atoms with Gasteiger partial charge in [0.2, 0.25) is 0 Å². The van der Waals surface area contributed by atoms with Crippen molar-refractivity contribution < 1.29 is 0 Å². The summed E-state index contributed by atoms with van der Waals surface area (Å²) >= 11 is 0. The molecule has 2 heterocycles. The van der Waals surface area contributed by atoms with E-state index in [-0.39, 0.29) is 0 Å². The summed E-state index contributed by atoms with van der Waals surface area (Å²) in [6.45, 7) is 0. The van der Waals surface area contributed by atoms with Crippen molar-refractivity contribution in [2.75, 3.05) is 4.90 Å². The van der Waals surface area contributed by atoms with E-state index < -0.39 is 10.8 Å². The highest BCUT2D eigenvalue weighted by atomic mass is 15.1. The topological polar surface area (TPSA) is 8.17 Å². The first-order chi connectivity index (χ1) is 36.7. The first kappa shape index (κ1) is 40.1. The second-order valence-electron chi connectivity index (χ2n) is 20.6. The molecule has 0 radical (unpaired) electrons. The van der Waals surface area contributed by atoms with Gasteiger partial charge >= 0.3 is 0 Å². The zero-order chi connectivity index (χ0) is 48.3. The van der Waals surface area contributed by atoms with Crippen LogP contribution in [0.15, 0.2) is 267 Å². The quantitative estimate of drug-likeness (QED) is 0.171. The number of anilines is 3. The van der Waals surface area contributed by atoms with E-state index in [0.29, 0.717) is 0 Å². The second-order valence-corrected chi connectivity index (χ2v) is 20.6. The lowest BCUT2D eigenvalue weighted by Gasteiger charge is -2.40. The van der Waals surface area contributed by atoms with E-state index in [9.17, 15) is 0 Å². The Morgan fingerprint density at radius 2 is 0.770 bits per heavy atom. The zero-order valence-corrected chi connectivity index (χ0v) is 40.3. The van der Waals surface area contributed by atoms with Gasteiger partial charge in [-0.3, -0.25) is 0 Å². The monoisotopic (exact) mass is 936 g/mol. The Morgan fingerprint density at radius 1 is 0.284 bits per heavy atom. The Kier molecular flexibility index (Phi) is 7.90. The minimum Gasteiger partial charge on any atom is -0.310 e. The van der Waals surface area contributed by atoms with Crippen molar-refractivity contribution in [1.82, 2.24) is 4.57 Å². The molecule has 0 fully saturated rings. The molecule has 1 atom stereocenters. The lowest BCUT2D eigenvalue weighted by molar-refractivity contribution is 0.748. The highest BCUT2D eigenvalue weighted by molar-refractivity contribution is 6.14. The van der Waals surface area contributed by atoms with Gasteiger partial charge in [-0.1, -0.05) is 224 Å². The van der Waals surface area contributed by atoms with Crippen LogP contribution < -0.4 is 4.90 Å². The molecule has 3 aliphatic carbocycles. The SMILES string of the molecule is c1ccc(-c2ccc(N(c3ccc4c(c3)C3(c5ccccc5-4)c4ccccc4-n4c5ccccc5c5cccc3c54)c3cc4c(c5ccccc35)-c3ccccc3C43c4ccccc4-c4ccccc43)cc2)cc1. The normalized spacial score (nSPS) is 15.5. The lowest BCUT2D eigenvalue weighted by Crippen LogP contribution is -2.33. The Morgan fingerprint density at radius 3 is 1.47 bits per heavy atom. The summed E-state index contributed by atoms with van der Waals surface area (Å²) in [7, 11) is 0. The van der Waals surface area contributed by atoms with Crippen molar-refractivity contribution in [3.63, 3.8) is 0 Å². The van der Waals surface area contributed by atoms with Crippen LogP contribution in [0.3, 0.4) is 0 Å². The van der Waals surface area contributed by atoms with Gasteiger partial charge in [0.05, 0.1) is 33.2 Å². The molecule has 17 rings (SSSR count). The Hall–Kier alpha value is -9.50. The van der Waals surface area contributed by atoms with E-state index in [0.717, 1.165) is 17.1 Å². The number of hydrogen-bond acceptors (Lipinski definition) is 1. The van der Waals surface area contributed by atoms with Crippen LogP contribution in [-0.4, -0.2) is 4.57 Å². The molecular weight excluding hydrogens is 893 g/mol. The number of benzene rings is 12. The Labute approximate surface area is 429 Å². The highest BCUT2D eigenvalue weighted by Crippen LogP contribution is 2.66. The molecular formula is C72H44N2. The zero-order valence-electron chi connectivity index (χ0n) is 40.3. The fraction of sp³-hybridized carbons (Fsp3) is 0.0278. The van der Waals surface area contributed by atoms with Crippen LogP contribution in [0.4, 0.5) is 17.1 Å². The molecule has 0 bridgehead atoms. The Bertz CT molecular complexity index is 4510. The third kappa shape index (κ3) is 4.86. The van der Waals surface area contributed by atoms with Crippen LogP contribution in [0.2, 0.25) is 0 Å². The summed E-state index contributed by atoms with van der Waals surface area (Å²) in [6, 6.07) is 101. The average Bonchev–Trinajstić information content (AvgIpc) is 4.23. The molecule has 1 unspecified atom stereocenters. The second kappa shape index (κ2) is 14.6. The average molecular weight is 937 g/mol. The van der Waals surface area contributed by atoms with Crippen LogP contribution >= 0.6 is 0 Å². The van der Waals surface area contributed by atoms with Crippen molar-refractivity contribution in [1.29, 1.82) is 0 Å². The molecule has 74 heavy (non-hydrogen) atoms. The van der Waals surface area contributed by atoms with Gasteiger partial charge in [-0.05, 0) is 137 Å². The van der Waals surface area contributed by atoms with Gasteiger partial charge in [-0.2, -0.15) is 0 Å². The first-order valence-electron chi connectivity index (χ1n) is 25.9. The summed E-state index contributed by atoms with van der Waals surface area (Å²) in [5, 5.41) is 5.02. The number of fused-ring (bicyclic) bond motifs is 24. The summed E-state index contributed by atoms with van der Waals surface area (Å²) in [4.78, 5) is 2.57. The van der Waals surface area contributed by atoms with Crippen LogP contribution in [0, 0.1) is 0 Å². The third-order valence-corrected chi connectivity index (χ3v) is 17.4. The molecule has 13 aromatic rings. The fourth-order valence-corrected chi connectivity index (χ4v) is 14.7. The number of para-hydroxylation sites is 3. The molecule has 0 saturated heterocycles. The highest BCUT2D eigenvalue weighted by Gasteiger charge is 2.53. The minimum atomic E-state index is -0.603. The molecule has 1 aromatic heterocycles. The molecule has 4 aliphatic rings. The van der Waals surface area contributed by atoms with Crippen molar-refractivity contribution in [2.45, 2.75) is 10.8 Å². The summed E-state index contributed by atoms with van der Waals surface area (Å²) < 4.78 is 2.54. The van der Waals surface area contributed by atoms with E-state index in [4.69, 9.17) is 0 Å². The molecule has 2 heteroatoms. The van der Waals surface area contributed by atoms with E-state index in [1.165, 1.54) is 127 Å². The van der Waals surface area contributed by atoms with Crippen molar-refractivity contribution in [3.05, 3.63) is 311 Å². The largest absolute Gasteiger partial charge is 0.310 e. The maximum atomic E-state index is 2.58. The molecule has 0 saturated carbocycles. The van der Waals surface area contributed by atoms with Crippen LogP contribution in [0.25, 0.3) is 82.8 Å².